The van der Waals surface area contributed by atoms with E-state index in [1.807, 2.05) is 0 Å². The molecule has 0 nitrogen and oxygen atoms in total. The summed E-state index contributed by atoms with van der Waals surface area (Å²) < 4.78 is 0. The zero-order valence-corrected chi connectivity index (χ0v) is 14.6. The standard InChI is InChI=1S/C20H40/c1-4-5-6-7-8-9-10-12-15-18(2)19(3)20-16-13-11-14-17-20/h18-20H,4-17H2,1-3H3. The van der Waals surface area contributed by atoms with Crippen LogP contribution in [0.4, 0.5) is 0 Å². The number of hydrogen-bond acceptors (Lipinski definition) is 0. The van der Waals surface area contributed by atoms with Gasteiger partial charge in [0, 0.05) is 0 Å². The summed E-state index contributed by atoms with van der Waals surface area (Å²) in [7, 11) is 0. The zero-order chi connectivity index (χ0) is 14.6. The monoisotopic (exact) mass is 280 g/mol. The molecule has 0 spiro atoms. The van der Waals surface area contributed by atoms with E-state index in [0.29, 0.717) is 0 Å². The predicted molar refractivity (Wildman–Crippen MR) is 92.1 cm³/mol. The van der Waals surface area contributed by atoms with Crippen molar-refractivity contribution in [3.05, 3.63) is 0 Å². The lowest BCUT2D eigenvalue weighted by atomic mass is 9.74. The molecule has 1 fully saturated rings. The fourth-order valence-electron chi connectivity index (χ4n) is 3.99. The van der Waals surface area contributed by atoms with Crippen LogP contribution in [0.2, 0.25) is 0 Å². The van der Waals surface area contributed by atoms with Crippen LogP contribution in [0.3, 0.4) is 0 Å². The quantitative estimate of drug-likeness (QED) is 0.346. The summed E-state index contributed by atoms with van der Waals surface area (Å²) in [6.07, 6.45) is 20.7. The summed E-state index contributed by atoms with van der Waals surface area (Å²) in [6.45, 7) is 7.35. The third-order valence-electron chi connectivity index (χ3n) is 5.80. The molecule has 1 aliphatic carbocycles. The summed E-state index contributed by atoms with van der Waals surface area (Å²) in [5, 5.41) is 0. The van der Waals surface area contributed by atoms with E-state index < -0.39 is 0 Å². The average Bonchev–Trinajstić information content (AvgIpc) is 2.50. The van der Waals surface area contributed by atoms with Crippen LogP contribution >= 0.6 is 0 Å². The highest BCUT2D eigenvalue weighted by Gasteiger charge is 2.23. The first-order valence-electron chi connectivity index (χ1n) is 9.75. The van der Waals surface area contributed by atoms with E-state index in [0.717, 1.165) is 17.8 Å². The van der Waals surface area contributed by atoms with Gasteiger partial charge in [0.05, 0.1) is 0 Å². The maximum atomic E-state index is 2.53. The molecule has 2 unspecified atom stereocenters. The van der Waals surface area contributed by atoms with Gasteiger partial charge in [-0.05, 0) is 17.8 Å². The molecule has 0 aliphatic heterocycles. The van der Waals surface area contributed by atoms with Gasteiger partial charge in [-0.15, -0.1) is 0 Å². The molecule has 1 saturated carbocycles. The minimum Gasteiger partial charge on any atom is -0.0654 e. The molecule has 20 heavy (non-hydrogen) atoms. The molecule has 0 radical (unpaired) electrons. The Labute approximate surface area is 129 Å². The van der Waals surface area contributed by atoms with Crippen molar-refractivity contribution in [1.82, 2.24) is 0 Å². The third kappa shape index (κ3) is 7.70. The first kappa shape index (κ1) is 18.1. The Kier molecular flexibility index (Phi) is 10.5. The van der Waals surface area contributed by atoms with Gasteiger partial charge >= 0.3 is 0 Å². The molecule has 0 saturated heterocycles. The Morgan fingerprint density at radius 3 is 1.90 bits per heavy atom. The van der Waals surface area contributed by atoms with Crippen LogP contribution in [0, 0.1) is 17.8 Å². The summed E-state index contributed by atoms with van der Waals surface area (Å²) >= 11 is 0. The van der Waals surface area contributed by atoms with Crippen molar-refractivity contribution < 1.29 is 0 Å². The summed E-state index contributed by atoms with van der Waals surface area (Å²) in [6, 6.07) is 0. The Hall–Kier alpha value is 0. The molecular formula is C20H40. The second-order valence-electron chi connectivity index (χ2n) is 7.50. The molecule has 0 aromatic heterocycles. The highest BCUT2D eigenvalue weighted by molar-refractivity contribution is 4.74. The van der Waals surface area contributed by atoms with E-state index in [4.69, 9.17) is 0 Å². The van der Waals surface area contributed by atoms with Crippen LogP contribution < -0.4 is 0 Å². The average molecular weight is 281 g/mol. The number of rotatable bonds is 11. The van der Waals surface area contributed by atoms with Gasteiger partial charge in [0.1, 0.15) is 0 Å². The van der Waals surface area contributed by atoms with Crippen LogP contribution in [0.25, 0.3) is 0 Å². The molecule has 1 aliphatic rings. The zero-order valence-electron chi connectivity index (χ0n) is 14.6. The lowest BCUT2D eigenvalue weighted by molar-refractivity contribution is 0.194. The minimum absolute atomic E-state index is 0.957. The summed E-state index contributed by atoms with van der Waals surface area (Å²) in [5.74, 6) is 2.98. The Morgan fingerprint density at radius 2 is 1.30 bits per heavy atom. The predicted octanol–water partition coefficient (Wildman–Crippen LogP) is 7.37. The first-order valence-corrected chi connectivity index (χ1v) is 9.75. The summed E-state index contributed by atoms with van der Waals surface area (Å²) in [4.78, 5) is 0. The number of unbranched alkanes of at least 4 members (excludes halogenated alkanes) is 7. The minimum atomic E-state index is 0.957. The van der Waals surface area contributed by atoms with Crippen LogP contribution in [0.15, 0.2) is 0 Å². The molecule has 0 amide bonds. The van der Waals surface area contributed by atoms with Crippen molar-refractivity contribution >= 4 is 0 Å². The van der Waals surface area contributed by atoms with Gasteiger partial charge < -0.3 is 0 Å². The van der Waals surface area contributed by atoms with Gasteiger partial charge in [0.2, 0.25) is 0 Å². The third-order valence-corrected chi connectivity index (χ3v) is 5.80. The van der Waals surface area contributed by atoms with Crippen LogP contribution in [-0.4, -0.2) is 0 Å². The van der Waals surface area contributed by atoms with E-state index >= 15 is 0 Å². The molecule has 0 heterocycles. The van der Waals surface area contributed by atoms with Gasteiger partial charge in [-0.3, -0.25) is 0 Å². The van der Waals surface area contributed by atoms with Gasteiger partial charge in [-0.1, -0.05) is 111 Å². The fourth-order valence-corrected chi connectivity index (χ4v) is 3.99. The second kappa shape index (κ2) is 11.6. The van der Waals surface area contributed by atoms with Crippen molar-refractivity contribution in [2.24, 2.45) is 17.8 Å². The SMILES string of the molecule is CCCCCCCCCCC(C)C(C)C1CCCCC1. The maximum Gasteiger partial charge on any atom is -0.0386 e. The van der Waals surface area contributed by atoms with E-state index in [2.05, 4.69) is 20.8 Å². The van der Waals surface area contributed by atoms with Crippen molar-refractivity contribution in [3.8, 4) is 0 Å². The van der Waals surface area contributed by atoms with Gasteiger partial charge in [-0.2, -0.15) is 0 Å². The largest absolute Gasteiger partial charge is 0.0654 e. The van der Waals surface area contributed by atoms with Crippen LogP contribution in [-0.2, 0) is 0 Å². The van der Waals surface area contributed by atoms with Crippen molar-refractivity contribution in [2.75, 3.05) is 0 Å². The van der Waals surface area contributed by atoms with E-state index in [1.54, 1.807) is 0 Å². The molecular weight excluding hydrogens is 240 g/mol. The van der Waals surface area contributed by atoms with Crippen LogP contribution in [0.1, 0.15) is 111 Å². The molecule has 0 N–H and O–H groups in total. The molecule has 1 rings (SSSR count). The van der Waals surface area contributed by atoms with Crippen molar-refractivity contribution in [1.29, 1.82) is 0 Å². The first-order chi connectivity index (χ1) is 9.75. The topological polar surface area (TPSA) is 0 Å². The smallest absolute Gasteiger partial charge is 0.0386 e. The highest BCUT2D eigenvalue weighted by atomic mass is 14.3. The van der Waals surface area contributed by atoms with Gasteiger partial charge in [-0.25, -0.2) is 0 Å². The van der Waals surface area contributed by atoms with Gasteiger partial charge in [0.25, 0.3) is 0 Å². The molecule has 120 valence electrons. The van der Waals surface area contributed by atoms with E-state index in [-0.39, 0.29) is 0 Å². The molecule has 0 heteroatoms. The fraction of sp³-hybridized carbons (Fsp3) is 1.00. The normalized spacial score (nSPS) is 19.9. The van der Waals surface area contributed by atoms with Gasteiger partial charge in [0.15, 0.2) is 0 Å². The van der Waals surface area contributed by atoms with E-state index in [1.165, 1.54) is 89.9 Å². The highest BCUT2D eigenvalue weighted by Crippen LogP contribution is 2.35. The van der Waals surface area contributed by atoms with E-state index in [9.17, 15) is 0 Å². The molecule has 0 aromatic carbocycles. The molecule has 0 bridgehead atoms. The Morgan fingerprint density at radius 1 is 0.750 bits per heavy atom. The molecule has 2 atom stereocenters. The van der Waals surface area contributed by atoms with Crippen molar-refractivity contribution in [2.45, 2.75) is 111 Å². The Balaban J connectivity index is 1.97. The lowest BCUT2D eigenvalue weighted by Gasteiger charge is -2.31. The second-order valence-corrected chi connectivity index (χ2v) is 7.50. The summed E-state index contributed by atoms with van der Waals surface area (Å²) in [5.41, 5.74) is 0. The number of hydrogen-bond donors (Lipinski definition) is 0. The maximum absolute atomic E-state index is 2.53. The lowest BCUT2D eigenvalue weighted by Crippen LogP contribution is -2.21. The molecule has 0 aromatic rings. The van der Waals surface area contributed by atoms with Crippen LogP contribution in [0.5, 0.6) is 0 Å². The van der Waals surface area contributed by atoms with Crippen molar-refractivity contribution in [3.63, 3.8) is 0 Å². The Bertz CT molecular complexity index is 202.